The zero-order chi connectivity index (χ0) is 8.43. The summed E-state index contributed by atoms with van der Waals surface area (Å²) in [6.45, 7) is 1.64. The highest BCUT2D eigenvalue weighted by atomic mass is 79.9. The van der Waals surface area contributed by atoms with Gasteiger partial charge in [-0.2, -0.15) is 0 Å². The van der Waals surface area contributed by atoms with E-state index >= 15 is 0 Å². The first kappa shape index (κ1) is 8.68. The van der Waals surface area contributed by atoms with E-state index in [2.05, 4.69) is 15.9 Å². The van der Waals surface area contributed by atoms with Gasteiger partial charge in [-0.25, -0.2) is 4.39 Å². The molecule has 3 heteroatoms. The Hall–Kier alpha value is -0.410. The molecule has 0 radical (unpaired) electrons. The third-order valence-corrected chi connectivity index (χ3v) is 2.03. The number of halogens is 2. The van der Waals surface area contributed by atoms with Gasteiger partial charge in [0.05, 0.1) is 10.6 Å². The maximum absolute atomic E-state index is 12.6. The predicted octanol–water partition coefficient (Wildman–Crippen LogP) is 2.64. The number of hydrogen-bond acceptors (Lipinski definition) is 1. The van der Waals surface area contributed by atoms with Gasteiger partial charge in [-0.15, -0.1) is 0 Å². The van der Waals surface area contributed by atoms with Crippen LogP contribution in [0.15, 0.2) is 22.7 Å². The van der Waals surface area contributed by atoms with Gasteiger partial charge in [0.2, 0.25) is 0 Å². The molecule has 1 rings (SSSR count). The van der Waals surface area contributed by atoms with Crippen LogP contribution in [0.5, 0.6) is 0 Å². The Kier molecular flexibility index (Phi) is 2.62. The van der Waals surface area contributed by atoms with Crippen LogP contribution in [0, 0.1) is 5.82 Å². The molecule has 0 spiro atoms. The average Bonchev–Trinajstić information content (AvgIpc) is 1.94. The minimum Gasteiger partial charge on any atom is -0.389 e. The molecular weight excluding hydrogens is 211 g/mol. The third-order valence-electron chi connectivity index (χ3n) is 1.43. The van der Waals surface area contributed by atoms with Gasteiger partial charge in [0.15, 0.2) is 0 Å². The molecule has 0 bridgehead atoms. The Balaban J connectivity index is 3.05. The second-order valence-electron chi connectivity index (χ2n) is 2.35. The van der Waals surface area contributed by atoms with Crippen LogP contribution in [0.25, 0.3) is 0 Å². The summed E-state index contributed by atoms with van der Waals surface area (Å²) >= 11 is 3.03. The fourth-order valence-electron chi connectivity index (χ4n) is 0.772. The van der Waals surface area contributed by atoms with Gasteiger partial charge < -0.3 is 5.11 Å². The molecule has 0 fully saturated rings. The lowest BCUT2D eigenvalue weighted by atomic mass is 10.1. The molecule has 0 heterocycles. The van der Waals surface area contributed by atoms with Gasteiger partial charge in [-0.3, -0.25) is 0 Å². The molecule has 0 aromatic heterocycles. The van der Waals surface area contributed by atoms with E-state index in [-0.39, 0.29) is 5.82 Å². The molecule has 0 amide bonds. The molecule has 60 valence electrons. The number of aliphatic hydroxyl groups excluding tert-OH is 1. The van der Waals surface area contributed by atoms with Crippen molar-refractivity contribution < 1.29 is 9.50 Å². The largest absolute Gasteiger partial charge is 0.389 e. The molecule has 1 aromatic carbocycles. The minimum atomic E-state index is -0.549. The summed E-state index contributed by atoms with van der Waals surface area (Å²) in [5.41, 5.74) is 0.707. The maximum atomic E-state index is 12.6. The molecule has 0 aliphatic carbocycles. The van der Waals surface area contributed by atoms with Crippen LogP contribution in [0.3, 0.4) is 0 Å². The summed E-state index contributed by atoms with van der Waals surface area (Å²) in [5.74, 6) is -0.311. The summed E-state index contributed by atoms with van der Waals surface area (Å²) in [6, 6.07) is 4.46. The molecule has 0 saturated carbocycles. The first-order valence-corrected chi connectivity index (χ1v) is 4.03. The van der Waals surface area contributed by atoms with Crippen LogP contribution < -0.4 is 0 Å². The average molecular weight is 219 g/mol. The molecule has 1 aromatic rings. The van der Waals surface area contributed by atoms with Crippen LogP contribution in [-0.4, -0.2) is 5.11 Å². The highest BCUT2D eigenvalue weighted by molar-refractivity contribution is 9.10. The van der Waals surface area contributed by atoms with Gasteiger partial charge in [0, 0.05) is 0 Å². The van der Waals surface area contributed by atoms with Crippen molar-refractivity contribution in [3.05, 3.63) is 34.1 Å². The van der Waals surface area contributed by atoms with Crippen molar-refractivity contribution in [3.63, 3.8) is 0 Å². The zero-order valence-electron chi connectivity index (χ0n) is 6.01. The van der Waals surface area contributed by atoms with Crippen LogP contribution in [0.1, 0.15) is 18.6 Å². The summed E-state index contributed by atoms with van der Waals surface area (Å²) in [4.78, 5) is 0. The zero-order valence-corrected chi connectivity index (χ0v) is 7.60. The number of rotatable bonds is 1. The molecule has 0 unspecified atom stereocenters. The second-order valence-corrected chi connectivity index (χ2v) is 3.20. The van der Waals surface area contributed by atoms with E-state index in [1.54, 1.807) is 19.1 Å². The number of aliphatic hydroxyl groups is 1. The Bertz CT molecular complexity index is 260. The minimum absolute atomic E-state index is 0.311. The lowest BCUT2D eigenvalue weighted by Crippen LogP contribution is -1.91. The predicted molar refractivity (Wildman–Crippen MR) is 44.7 cm³/mol. The second kappa shape index (κ2) is 3.32. The Morgan fingerprint density at radius 1 is 1.55 bits per heavy atom. The first-order valence-electron chi connectivity index (χ1n) is 3.24. The van der Waals surface area contributed by atoms with E-state index in [9.17, 15) is 4.39 Å². The molecular formula is C8H8BrFO. The number of benzene rings is 1. The van der Waals surface area contributed by atoms with E-state index in [4.69, 9.17) is 5.11 Å². The highest BCUT2D eigenvalue weighted by Gasteiger charge is 2.03. The monoisotopic (exact) mass is 218 g/mol. The lowest BCUT2D eigenvalue weighted by Gasteiger charge is -2.04. The molecule has 11 heavy (non-hydrogen) atoms. The Labute approximate surface area is 73.0 Å². The molecule has 1 atom stereocenters. The molecule has 1 N–H and O–H groups in total. The number of hydrogen-bond donors (Lipinski definition) is 1. The quantitative estimate of drug-likeness (QED) is 0.769. The lowest BCUT2D eigenvalue weighted by molar-refractivity contribution is 0.199. The summed E-state index contributed by atoms with van der Waals surface area (Å²) in [6.07, 6.45) is -0.549. The van der Waals surface area contributed by atoms with Crippen LogP contribution in [0.4, 0.5) is 4.39 Å². The fourth-order valence-corrected chi connectivity index (χ4v) is 1.17. The molecule has 1 nitrogen and oxygen atoms in total. The van der Waals surface area contributed by atoms with Gasteiger partial charge >= 0.3 is 0 Å². The van der Waals surface area contributed by atoms with E-state index in [0.29, 0.717) is 10.0 Å². The molecule has 0 aliphatic rings. The summed E-state index contributed by atoms with van der Waals surface area (Å²) in [7, 11) is 0. The third kappa shape index (κ3) is 2.01. The Morgan fingerprint density at radius 3 is 2.64 bits per heavy atom. The standard InChI is InChI=1S/C8H8BrFO/c1-5(11)6-2-3-8(10)7(9)4-6/h2-5,11H,1H3/t5-/m0/s1. The van der Waals surface area contributed by atoms with Crippen molar-refractivity contribution in [3.8, 4) is 0 Å². The van der Waals surface area contributed by atoms with E-state index < -0.39 is 6.10 Å². The van der Waals surface area contributed by atoms with Gasteiger partial charge in [-0.05, 0) is 40.5 Å². The summed E-state index contributed by atoms with van der Waals surface area (Å²) in [5, 5.41) is 9.10. The molecule has 0 aliphatic heterocycles. The van der Waals surface area contributed by atoms with E-state index in [1.165, 1.54) is 6.07 Å². The van der Waals surface area contributed by atoms with Crippen LogP contribution in [0.2, 0.25) is 0 Å². The SMILES string of the molecule is C[C@H](O)c1ccc(F)c(Br)c1. The van der Waals surface area contributed by atoms with E-state index in [0.717, 1.165) is 0 Å². The first-order chi connectivity index (χ1) is 5.11. The van der Waals surface area contributed by atoms with Crippen molar-refractivity contribution in [1.29, 1.82) is 0 Å². The normalized spacial score (nSPS) is 13.1. The fraction of sp³-hybridized carbons (Fsp3) is 0.250. The van der Waals surface area contributed by atoms with Gasteiger partial charge in [-0.1, -0.05) is 6.07 Å². The maximum Gasteiger partial charge on any atom is 0.137 e. The van der Waals surface area contributed by atoms with Gasteiger partial charge in [0.25, 0.3) is 0 Å². The smallest absolute Gasteiger partial charge is 0.137 e. The van der Waals surface area contributed by atoms with Crippen LogP contribution in [-0.2, 0) is 0 Å². The van der Waals surface area contributed by atoms with Crippen molar-refractivity contribution in [1.82, 2.24) is 0 Å². The topological polar surface area (TPSA) is 20.2 Å². The van der Waals surface area contributed by atoms with E-state index in [1.807, 2.05) is 0 Å². The highest BCUT2D eigenvalue weighted by Crippen LogP contribution is 2.20. The van der Waals surface area contributed by atoms with Crippen molar-refractivity contribution in [2.45, 2.75) is 13.0 Å². The van der Waals surface area contributed by atoms with Crippen molar-refractivity contribution in [2.24, 2.45) is 0 Å². The van der Waals surface area contributed by atoms with Crippen molar-refractivity contribution >= 4 is 15.9 Å². The van der Waals surface area contributed by atoms with Crippen molar-refractivity contribution in [2.75, 3.05) is 0 Å². The van der Waals surface area contributed by atoms with Crippen LogP contribution >= 0.6 is 15.9 Å². The summed E-state index contributed by atoms with van der Waals surface area (Å²) < 4.78 is 13.0. The van der Waals surface area contributed by atoms with Gasteiger partial charge in [0.1, 0.15) is 5.82 Å². The Morgan fingerprint density at radius 2 is 2.18 bits per heavy atom. The molecule has 0 saturated heterocycles.